The largest absolute Gasteiger partial charge is 0.497 e. The van der Waals surface area contributed by atoms with Crippen LogP contribution in [0.2, 0.25) is 0 Å². The predicted molar refractivity (Wildman–Crippen MR) is 122 cm³/mol. The summed E-state index contributed by atoms with van der Waals surface area (Å²) in [7, 11) is 1.60. The number of anilines is 1. The zero-order valence-electron chi connectivity index (χ0n) is 17.1. The molecule has 3 aromatic rings. The van der Waals surface area contributed by atoms with E-state index in [2.05, 4.69) is 15.4 Å². The fourth-order valence-electron chi connectivity index (χ4n) is 3.53. The van der Waals surface area contributed by atoms with Crippen molar-refractivity contribution >= 4 is 35.1 Å². The molecule has 0 aliphatic carbocycles. The third-order valence-electron chi connectivity index (χ3n) is 5.14. The lowest BCUT2D eigenvalue weighted by Gasteiger charge is -2.13. The molecule has 156 valence electrons. The van der Waals surface area contributed by atoms with Gasteiger partial charge in [-0.1, -0.05) is 60.7 Å². The van der Waals surface area contributed by atoms with E-state index in [4.69, 9.17) is 4.74 Å². The van der Waals surface area contributed by atoms with Crippen molar-refractivity contribution in [1.29, 1.82) is 0 Å². The Morgan fingerprint density at radius 2 is 1.66 bits per heavy atom. The van der Waals surface area contributed by atoms with Gasteiger partial charge in [0.1, 0.15) is 11.4 Å². The van der Waals surface area contributed by atoms with E-state index in [9.17, 15) is 9.59 Å². The number of carbonyl (C=O) groups is 2. The molecule has 0 fully saturated rings. The minimum absolute atomic E-state index is 0.170. The maximum Gasteiger partial charge on any atom is 0.298 e. The predicted octanol–water partition coefficient (Wildman–Crippen LogP) is 3.68. The van der Waals surface area contributed by atoms with Gasteiger partial charge in [-0.05, 0) is 29.8 Å². The first-order chi connectivity index (χ1) is 15.6. The molecule has 0 radical (unpaired) electrons. The minimum atomic E-state index is -0.413. The molecule has 0 unspecified atom stereocenters. The molecule has 7 nitrogen and oxygen atoms in total. The monoisotopic (exact) mass is 422 g/mol. The lowest BCUT2D eigenvalue weighted by Crippen LogP contribution is -2.30. The van der Waals surface area contributed by atoms with Gasteiger partial charge in [-0.3, -0.25) is 9.59 Å². The Morgan fingerprint density at radius 3 is 2.41 bits per heavy atom. The number of methoxy groups -OCH3 is 1. The van der Waals surface area contributed by atoms with Crippen LogP contribution in [0.1, 0.15) is 16.7 Å². The second kappa shape index (κ2) is 7.96. The second-order valence-electron chi connectivity index (χ2n) is 7.17. The molecule has 7 heteroatoms. The molecule has 3 aromatic carbocycles. The van der Waals surface area contributed by atoms with E-state index in [-0.39, 0.29) is 17.3 Å². The van der Waals surface area contributed by atoms with Crippen LogP contribution in [0, 0.1) is 0 Å². The molecule has 0 saturated carbocycles. The lowest BCUT2D eigenvalue weighted by molar-refractivity contribution is -0.122. The highest BCUT2D eigenvalue weighted by Crippen LogP contribution is 2.27. The van der Waals surface area contributed by atoms with Gasteiger partial charge in [0.25, 0.3) is 11.8 Å². The second-order valence-corrected chi connectivity index (χ2v) is 7.17. The molecular weight excluding hydrogens is 404 g/mol. The Bertz CT molecular complexity index is 1310. The zero-order valence-corrected chi connectivity index (χ0v) is 17.1. The number of para-hydroxylation sites is 1. The first kappa shape index (κ1) is 19.4. The van der Waals surface area contributed by atoms with Crippen molar-refractivity contribution in [2.24, 2.45) is 10.1 Å². The summed E-state index contributed by atoms with van der Waals surface area (Å²) >= 11 is 0. The SMILES string of the molecule is COc1ccc(/C=C2\N=C(c3ccccc3)N(/N=C3\C(=O)Nc4ccccc43)C2=O)cc1. The van der Waals surface area contributed by atoms with Crippen LogP contribution in [0.3, 0.4) is 0 Å². The fourth-order valence-corrected chi connectivity index (χ4v) is 3.53. The highest BCUT2D eigenvalue weighted by Gasteiger charge is 2.34. The van der Waals surface area contributed by atoms with Crippen LogP contribution in [0.4, 0.5) is 5.69 Å². The Kier molecular flexibility index (Phi) is 4.84. The van der Waals surface area contributed by atoms with Crippen LogP contribution in [-0.2, 0) is 9.59 Å². The van der Waals surface area contributed by atoms with E-state index in [1.54, 1.807) is 25.3 Å². The molecule has 0 atom stereocenters. The molecule has 0 bridgehead atoms. The van der Waals surface area contributed by atoms with Crippen molar-refractivity contribution in [2.75, 3.05) is 12.4 Å². The smallest absolute Gasteiger partial charge is 0.298 e. The van der Waals surface area contributed by atoms with Crippen molar-refractivity contribution in [1.82, 2.24) is 5.01 Å². The molecule has 0 spiro atoms. The maximum atomic E-state index is 13.3. The van der Waals surface area contributed by atoms with Crippen molar-refractivity contribution in [3.63, 3.8) is 0 Å². The number of ether oxygens (including phenoxy) is 1. The Hall–Kier alpha value is -4.52. The summed E-state index contributed by atoms with van der Waals surface area (Å²) in [5.41, 5.74) is 3.22. The summed E-state index contributed by atoms with van der Waals surface area (Å²) in [6.07, 6.45) is 1.69. The Labute approximate surface area is 184 Å². The lowest BCUT2D eigenvalue weighted by atomic mass is 10.1. The number of hydrogen-bond acceptors (Lipinski definition) is 5. The molecule has 5 rings (SSSR count). The van der Waals surface area contributed by atoms with E-state index >= 15 is 0 Å². The van der Waals surface area contributed by atoms with Gasteiger partial charge in [-0.2, -0.15) is 10.1 Å². The quantitative estimate of drug-likeness (QED) is 0.651. The summed E-state index contributed by atoms with van der Waals surface area (Å²) in [5, 5.41) is 8.43. The summed E-state index contributed by atoms with van der Waals surface area (Å²) in [6, 6.07) is 23.8. The highest BCUT2D eigenvalue weighted by atomic mass is 16.5. The summed E-state index contributed by atoms with van der Waals surface area (Å²) in [4.78, 5) is 30.4. The number of hydrogen-bond donors (Lipinski definition) is 1. The fraction of sp³-hybridized carbons (Fsp3) is 0.0400. The van der Waals surface area contributed by atoms with Gasteiger partial charge in [-0.25, -0.2) is 4.99 Å². The highest BCUT2D eigenvalue weighted by molar-refractivity contribution is 6.54. The van der Waals surface area contributed by atoms with Gasteiger partial charge in [0.05, 0.1) is 12.8 Å². The topological polar surface area (TPSA) is 83.4 Å². The first-order valence-corrected chi connectivity index (χ1v) is 9.98. The molecule has 1 N–H and O–H groups in total. The number of amidine groups is 1. The van der Waals surface area contributed by atoms with E-state index in [0.717, 1.165) is 16.9 Å². The van der Waals surface area contributed by atoms with Gasteiger partial charge in [0.15, 0.2) is 11.5 Å². The maximum absolute atomic E-state index is 13.3. The van der Waals surface area contributed by atoms with Crippen molar-refractivity contribution in [3.05, 3.63) is 101 Å². The van der Waals surface area contributed by atoms with Gasteiger partial charge < -0.3 is 10.1 Å². The average molecular weight is 422 g/mol. The minimum Gasteiger partial charge on any atom is -0.497 e. The summed E-state index contributed by atoms with van der Waals surface area (Å²) in [6.45, 7) is 0. The zero-order chi connectivity index (χ0) is 22.1. The number of amides is 2. The van der Waals surface area contributed by atoms with Gasteiger partial charge in [0, 0.05) is 11.1 Å². The number of hydrazone groups is 1. The van der Waals surface area contributed by atoms with Crippen LogP contribution in [0.5, 0.6) is 5.75 Å². The molecule has 0 saturated heterocycles. The van der Waals surface area contributed by atoms with Crippen LogP contribution in [-0.4, -0.2) is 35.5 Å². The third kappa shape index (κ3) is 3.45. The third-order valence-corrected chi connectivity index (χ3v) is 5.14. The van der Waals surface area contributed by atoms with E-state index in [1.807, 2.05) is 66.7 Å². The molecule has 2 heterocycles. The number of aliphatic imine (C=N–C) groups is 1. The van der Waals surface area contributed by atoms with Gasteiger partial charge >= 0.3 is 0 Å². The summed E-state index contributed by atoms with van der Waals surface area (Å²) in [5.74, 6) is 0.306. The number of nitrogens with zero attached hydrogens (tertiary/aromatic N) is 3. The van der Waals surface area contributed by atoms with Crippen molar-refractivity contribution in [3.8, 4) is 5.75 Å². The summed E-state index contributed by atoms with van der Waals surface area (Å²) < 4.78 is 5.19. The molecule has 2 aliphatic heterocycles. The molecule has 2 amide bonds. The van der Waals surface area contributed by atoms with Crippen LogP contribution in [0.15, 0.2) is 94.7 Å². The van der Waals surface area contributed by atoms with Crippen LogP contribution in [0.25, 0.3) is 6.08 Å². The van der Waals surface area contributed by atoms with E-state index < -0.39 is 5.91 Å². The average Bonchev–Trinajstić information content (AvgIpc) is 3.31. The number of rotatable bonds is 4. The van der Waals surface area contributed by atoms with Crippen molar-refractivity contribution in [2.45, 2.75) is 0 Å². The van der Waals surface area contributed by atoms with E-state index in [0.29, 0.717) is 17.1 Å². The Balaban J connectivity index is 1.59. The Morgan fingerprint density at radius 1 is 0.938 bits per heavy atom. The van der Waals surface area contributed by atoms with Crippen molar-refractivity contribution < 1.29 is 14.3 Å². The standard InChI is InChI=1S/C25H18N4O3/c1-32-18-13-11-16(12-14-18)15-21-25(31)29(23(26-21)17-7-3-2-4-8-17)28-22-19-9-5-6-10-20(19)27-24(22)30/h2-15H,1H3,(H,27,28,30)/b21-15-. The number of benzene rings is 3. The molecule has 32 heavy (non-hydrogen) atoms. The first-order valence-electron chi connectivity index (χ1n) is 9.98. The number of carbonyl (C=O) groups excluding carboxylic acids is 2. The molecule has 2 aliphatic rings. The normalized spacial score (nSPS) is 17.5. The number of fused-ring (bicyclic) bond motifs is 1. The van der Waals surface area contributed by atoms with Crippen LogP contribution >= 0.6 is 0 Å². The number of nitrogens with one attached hydrogen (secondary N) is 1. The van der Waals surface area contributed by atoms with E-state index in [1.165, 1.54) is 5.01 Å². The van der Waals surface area contributed by atoms with Gasteiger partial charge in [0.2, 0.25) is 0 Å². The van der Waals surface area contributed by atoms with Gasteiger partial charge in [-0.15, -0.1) is 0 Å². The molecule has 0 aromatic heterocycles. The van der Waals surface area contributed by atoms with Crippen LogP contribution < -0.4 is 10.1 Å². The molecular formula is C25H18N4O3.